The standard InChI is InChI=1S/C30H31NO7S2/c1-17(29(33)31-20(15-40-30(31)39)12-18-8-6-5-7-9-18)26(32)21-14-24(34-2)27(35-3)28(36-4)25(21)19-10-11-22-23(13-19)38-16-37-22/h5-11,13-14,17,20,26,32H,12,15-16H2,1-4H3/t17-,20-,26-/m0/s1. The third-order valence-electron chi connectivity index (χ3n) is 7.22. The fourth-order valence-corrected chi connectivity index (χ4v) is 6.57. The Bertz CT molecular complexity index is 1410. The zero-order valence-corrected chi connectivity index (χ0v) is 24.3. The molecule has 5 rings (SSSR count). The van der Waals surface area contributed by atoms with E-state index in [1.165, 1.54) is 33.1 Å². The van der Waals surface area contributed by atoms with Crippen LogP contribution in [-0.4, -0.2) is 60.2 Å². The molecule has 40 heavy (non-hydrogen) atoms. The predicted molar refractivity (Wildman–Crippen MR) is 158 cm³/mol. The summed E-state index contributed by atoms with van der Waals surface area (Å²) in [6.45, 7) is 1.84. The van der Waals surface area contributed by atoms with Gasteiger partial charge in [0.2, 0.25) is 18.4 Å². The average Bonchev–Trinajstić information content (AvgIpc) is 3.60. The molecule has 1 N–H and O–H groups in total. The van der Waals surface area contributed by atoms with E-state index in [0.29, 0.717) is 61.9 Å². The van der Waals surface area contributed by atoms with Gasteiger partial charge in [-0.15, -0.1) is 0 Å². The van der Waals surface area contributed by atoms with E-state index in [-0.39, 0.29) is 18.7 Å². The average molecular weight is 582 g/mol. The number of aliphatic hydroxyl groups excluding tert-OH is 1. The highest BCUT2D eigenvalue weighted by Crippen LogP contribution is 2.51. The molecular formula is C30H31NO7S2. The Kier molecular flexibility index (Phi) is 8.39. The normalized spacial score (nSPS) is 17.5. The van der Waals surface area contributed by atoms with Gasteiger partial charge in [0, 0.05) is 11.3 Å². The molecule has 0 aliphatic carbocycles. The molecule has 1 amide bonds. The van der Waals surface area contributed by atoms with Gasteiger partial charge >= 0.3 is 0 Å². The molecule has 1 saturated heterocycles. The number of rotatable bonds is 9. The van der Waals surface area contributed by atoms with E-state index in [4.69, 9.17) is 35.9 Å². The van der Waals surface area contributed by atoms with E-state index < -0.39 is 12.0 Å². The molecule has 0 bridgehead atoms. The molecule has 2 aliphatic rings. The molecule has 3 aromatic rings. The van der Waals surface area contributed by atoms with E-state index in [0.717, 1.165) is 5.56 Å². The van der Waals surface area contributed by atoms with Gasteiger partial charge in [-0.3, -0.25) is 9.69 Å². The van der Waals surface area contributed by atoms with E-state index >= 15 is 0 Å². The monoisotopic (exact) mass is 581 g/mol. The van der Waals surface area contributed by atoms with Crippen molar-refractivity contribution < 1.29 is 33.6 Å². The van der Waals surface area contributed by atoms with Gasteiger partial charge in [0.15, 0.2) is 23.0 Å². The summed E-state index contributed by atoms with van der Waals surface area (Å²) < 4.78 is 28.6. The highest BCUT2D eigenvalue weighted by molar-refractivity contribution is 8.23. The summed E-state index contributed by atoms with van der Waals surface area (Å²) in [5.74, 6) is 1.93. The van der Waals surface area contributed by atoms with Crippen molar-refractivity contribution in [3.63, 3.8) is 0 Å². The summed E-state index contributed by atoms with van der Waals surface area (Å²) >= 11 is 7.08. The van der Waals surface area contributed by atoms with Crippen LogP contribution in [0.15, 0.2) is 54.6 Å². The van der Waals surface area contributed by atoms with Crippen molar-refractivity contribution in [1.82, 2.24) is 4.90 Å². The van der Waals surface area contributed by atoms with Gasteiger partial charge in [-0.2, -0.15) is 0 Å². The number of thiocarbonyl (C=S) groups is 1. The Hall–Kier alpha value is -3.47. The first-order valence-corrected chi connectivity index (χ1v) is 14.2. The molecule has 0 saturated carbocycles. The predicted octanol–water partition coefficient (Wildman–Crippen LogP) is 5.25. The Labute approximate surface area is 243 Å². The smallest absolute Gasteiger partial charge is 0.234 e. The van der Waals surface area contributed by atoms with Crippen LogP contribution < -0.4 is 23.7 Å². The van der Waals surface area contributed by atoms with Crippen LogP contribution >= 0.6 is 24.0 Å². The first-order chi connectivity index (χ1) is 19.4. The van der Waals surface area contributed by atoms with Crippen molar-refractivity contribution in [2.45, 2.75) is 25.5 Å². The number of amides is 1. The SMILES string of the molecule is COc1cc([C@@H](O)[C@H](C)C(=O)N2C(=S)SC[C@@H]2Cc2ccccc2)c(-c2ccc3c(c2)OCO3)c(OC)c1OC. The molecule has 3 aromatic carbocycles. The van der Waals surface area contributed by atoms with Crippen LogP contribution in [0.4, 0.5) is 0 Å². The van der Waals surface area contributed by atoms with E-state index in [1.807, 2.05) is 42.5 Å². The molecule has 1 fully saturated rings. The molecule has 0 aromatic heterocycles. The Morgan fingerprint density at radius 2 is 1.77 bits per heavy atom. The number of aliphatic hydroxyl groups is 1. The van der Waals surface area contributed by atoms with Gasteiger partial charge < -0.3 is 28.8 Å². The Morgan fingerprint density at radius 1 is 1.05 bits per heavy atom. The second-order valence-electron chi connectivity index (χ2n) is 9.54. The summed E-state index contributed by atoms with van der Waals surface area (Å²) in [7, 11) is 4.55. The van der Waals surface area contributed by atoms with Crippen LogP contribution in [0.25, 0.3) is 11.1 Å². The maximum Gasteiger partial charge on any atom is 0.234 e. The number of hydrogen-bond donors (Lipinski definition) is 1. The summed E-state index contributed by atoms with van der Waals surface area (Å²) in [4.78, 5) is 15.6. The van der Waals surface area contributed by atoms with Crippen LogP contribution in [0.3, 0.4) is 0 Å². The Morgan fingerprint density at radius 3 is 2.48 bits per heavy atom. The lowest BCUT2D eigenvalue weighted by Gasteiger charge is -2.30. The third-order valence-corrected chi connectivity index (χ3v) is 8.76. The van der Waals surface area contributed by atoms with Crippen molar-refractivity contribution in [1.29, 1.82) is 0 Å². The number of hydrogen-bond acceptors (Lipinski definition) is 9. The van der Waals surface area contributed by atoms with Crippen molar-refractivity contribution >= 4 is 34.2 Å². The molecule has 0 radical (unpaired) electrons. The quantitative estimate of drug-likeness (QED) is 0.341. The summed E-state index contributed by atoms with van der Waals surface area (Å²) in [6.07, 6.45) is -0.540. The topological polar surface area (TPSA) is 86.7 Å². The number of thioether (sulfide) groups is 1. The molecular weight excluding hydrogens is 550 g/mol. The molecule has 10 heteroatoms. The summed E-state index contributed by atoms with van der Waals surface area (Å²) in [5.41, 5.74) is 2.83. The molecule has 210 valence electrons. The zero-order valence-electron chi connectivity index (χ0n) is 22.7. The number of nitrogens with zero attached hydrogens (tertiary/aromatic N) is 1. The van der Waals surface area contributed by atoms with Crippen molar-refractivity contribution in [2.24, 2.45) is 5.92 Å². The van der Waals surface area contributed by atoms with Gasteiger partial charge in [-0.05, 0) is 41.3 Å². The molecule has 0 unspecified atom stereocenters. The van der Waals surface area contributed by atoms with Crippen molar-refractivity contribution in [3.8, 4) is 39.9 Å². The highest BCUT2D eigenvalue weighted by atomic mass is 32.2. The second kappa shape index (κ2) is 12.0. The summed E-state index contributed by atoms with van der Waals surface area (Å²) in [6, 6.07) is 17.1. The number of benzene rings is 3. The molecule has 8 nitrogen and oxygen atoms in total. The van der Waals surface area contributed by atoms with Gasteiger partial charge in [0.25, 0.3) is 0 Å². The van der Waals surface area contributed by atoms with Crippen LogP contribution in [0, 0.1) is 5.92 Å². The lowest BCUT2D eigenvalue weighted by atomic mass is 9.88. The van der Waals surface area contributed by atoms with Crippen molar-refractivity contribution in [3.05, 3.63) is 65.7 Å². The van der Waals surface area contributed by atoms with Gasteiger partial charge in [-0.1, -0.05) is 67.3 Å². The third kappa shape index (κ3) is 5.18. The fraction of sp³-hybridized carbons (Fsp3) is 0.333. The zero-order chi connectivity index (χ0) is 28.4. The minimum absolute atomic E-state index is 0.102. The highest BCUT2D eigenvalue weighted by Gasteiger charge is 2.39. The first kappa shape index (κ1) is 28.1. The minimum atomic E-state index is -1.22. The number of ether oxygens (including phenoxy) is 5. The van der Waals surface area contributed by atoms with E-state index in [1.54, 1.807) is 24.0 Å². The van der Waals surface area contributed by atoms with E-state index in [2.05, 4.69) is 0 Å². The number of carbonyl (C=O) groups is 1. The first-order valence-electron chi connectivity index (χ1n) is 12.8. The number of methoxy groups -OCH3 is 3. The maximum atomic E-state index is 13.9. The van der Waals surface area contributed by atoms with Gasteiger partial charge in [0.05, 0.1) is 39.4 Å². The second-order valence-corrected chi connectivity index (χ2v) is 11.2. The largest absolute Gasteiger partial charge is 0.493 e. The summed E-state index contributed by atoms with van der Waals surface area (Å²) in [5, 5.41) is 11.8. The van der Waals surface area contributed by atoms with Crippen LogP contribution in [0.5, 0.6) is 28.7 Å². The lowest BCUT2D eigenvalue weighted by molar-refractivity contribution is -0.135. The minimum Gasteiger partial charge on any atom is -0.493 e. The molecule has 2 aliphatic heterocycles. The fourth-order valence-electron chi connectivity index (χ4n) is 5.15. The van der Waals surface area contributed by atoms with Crippen molar-refractivity contribution in [2.75, 3.05) is 33.9 Å². The van der Waals surface area contributed by atoms with Crippen LogP contribution in [-0.2, 0) is 11.2 Å². The van der Waals surface area contributed by atoms with Gasteiger partial charge in [0.1, 0.15) is 4.32 Å². The van der Waals surface area contributed by atoms with E-state index in [9.17, 15) is 9.90 Å². The number of fused-ring (bicyclic) bond motifs is 1. The molecule has 2 heterocycles. The maximum absolute atomic E-state index is 13.9. The van der Waals surface area contributed by atoms with Crippen LogP contribution in [0.2, 0.25) is 0 Å². The van der Waals surface area contributed by atoms with Gasteiger partial charge in [-0.25, -0.2) is 0 Å². The lowest BCUT2D eigenvalue weighted by Crippen LogP contribution is -2.44. The molecule has 0 spiro atoms. The Balaban J connectivity index is 1.54. The number of carbonyl (C=O) groups excluding carboxylic acids is 1. The van der Waals surface area contributed by atoms with Crippen LogP contribution in [0.1, 0.15) is 24.2 Å². The molecule has 3 atom stereocenters.